The fourth-order valence-corrected chi connectivity index (χ4v) is 7.11. The lowest BCUT2D eigenvalue weighted by Crippen LogP contribution is -2.54. The number of hydrogen-bond donors (Lipinski definition) is 1. The van der Waals surface area contributed by atoms with E-state index in [1.54, 1.807) is 55.5 Å². The zero-order chi connectivity index (χ0) is 33.4. The number of sulfonamides is 1. The van der Waals surface area contributed by atoms with Crippen molar-refractivity contribution in [2.75, 3.05) is 10.8 Å². The van der Waals surface area contributed by atoms with Crippen LogP contribution in [-0.2, 0) is 32.6 Å². The lowest BCUT2D eigenvalue weighted by Gasteiger charge is -2.35. The van der Waals surface area contributed by atoms with Gasteiger partial charge in [-0.3, -0.25) is 13.9 Å². The number of rotatable bonds is 13. The minimum Gasteiger partial charge on any atom is -0.352 e. The maximum absolute atomic E-state index is 14.6. The SMILES string of the molecule is CC[C@@H](C)NC(=O)[C@H](Cc1ccccc1)N(Cc1c(Cl)cccc1Cl)C(=O)CN(c1cc(Cl)ccc1C)S(=O)(=O)c1ccccc1. The highest BCUT2D eigenvalue weighted by atomic mass is 35.5. The van der Waals surface area contributed by atoms with Crippen molar-refractivity contribution in [3.05, 3.63) is 129 Å². The molecule has 4 aromatic carbocycles. The molecule has 0 aromatic heterocycles. The van der Waals surface area contributed by atoms with Gasteiger partial charge in [-0.05, 0) is 67.8 Å². The number of amides is 2. The van der Waals surface area contributed by atoms with Crippen molar-refractivity contribution in [1.82, 2.24) is 10.2 Å². The predicted octanol–water partition coefficient (Wildman–Crippen LogP) is 7.71. The van der Waals surface area contributed by atoms with E-state index in [-0.39, 0.29) is 35.5 Å². The van der Waals surface area contributed by atoms with Gasteiger partial charge in [-0.1, -0.05) is 102 Å². The third kappa shape index (κ3) is 8.62. The van der Waals surface area contributed by atoms with E-state index in [1.807, 2.05) is 44.2 Å². The van der Waals surface area contributed by atoms with Crippen LogP contribution in [0, 0.1) is 6.92 Å². The standard InChI is InChI=1S/C35H36Cl3N3O4S/c1-4-25(3)39-35(43)33(20-26-12-7-5-8-13-26)40(22-29-30(37)16-11-17-31(29)38)34(42)23-41(32-21-27(36)19-18-24(32)2)46(44,45)28-14-9-6-10-15-28/h5-19,21,25,33H,4,20,22-23H2,1-3H3,(H,39,43)/t25-,33+/m1/s1. The molecule has 2 atom stereocenters. The van der Waals surface area contributed by atoms with Gasteiger partial charge in [0.1, 0.15) is 12.6 Å². The van der Waals surface area contributed by atoms with Crippen LogP contribution in [0.1, 0.15) is 37.0 Å². The van der Waals surface area contributed by atoms with E-state index in [4.69, 9.17) is 34.8 Å². The molecule has 4 aromatic rings. The molecule has 0 fully saturated rings. The van der Waals surface area contributed by atoms with Crippen LogP contribution in [0.5, 0.6) is 0 Å². The van der Waals surface area contributed by atoms with Crippen molar-refractivity contribution in [2.24, 2.45) is 0 Å². The highest BCUT2D eigenvalue weighted by Crippen LogP contribution is 2.31. The Kier molecular flexibility index (Phi) is 12.1. The van der Waals surface area contributed by atoms with E-state index < -0.39 is 28.5 Å². The number of benzene rings is 4. The first-order valence-corrected chi connectivity index (χ1v) is 17.4. The Morgan fingerprint density at radius 2 is 1.46 bits per heavy atom. The van der Waals surface area contributed by atoms with Gasteiger partial charge >= 0.3 is 0 Å². The first kappa shape index (κ1) is 35.3. The van der Waals surface area contributed by atoms with Crippen LogP contribution in [-0.4, -0.2) is 43.8 Å². The first-order valence-electron chi connectivity index (χ1n) is 14.8. The van der Waals surface area contributed by atoms with Crippen molar-refractivity contribution in [2.45, 2.75) is 57.1 Å². The van der Waals surface area contributed by atoms with E-state index >= 15 is 0 Å². The van der Waals surface area contributed by atoms with Gasteiger partial charge in [0.15, 0.2) is 0 Å². The second-order valence-corrected chi connectivity index (χ2v) is 14.1. The Hall–Kier alpha value is -3.56. The van der Waals surface area contributed by atoms with Crippen LogP contribution in [0.2, 0.25) is 15.1 Å². The highest BCUT2D eigenvalue weighted by molar-refractivity contribution is 7.92. The molecular weight excluding hydrogens is 665 g/mol. The van der Waals surface area contributed by atoms with Crippen LogP contribution in [0.15, 0.2) is 102 Å². The summed E-state index contributed by atoms with van der Waals surface area (Å²) in [5.74, 6) is -1.01. The van der Waals surface area contributed by atoms with Crippen LogP contribution in [0.25, 0.3) is 0 Å². The normalized spacial score (nSPS) is 12.7. The summed E-state index contributed by atoms with van der Waals surface area (Å²) in [7, 11) is -4.26. The second-order valence-electron chi connectivity index (χ2n) is 11.0. The van der Waals surface area contributed by atoms with Gasteiger partial charge < -0.3 is 10.2 Å². The number of carbonyl (C=O) groups excluding carboxylic acids is 2. The zero-order valence-electron chi connectivity index (χ0n) is 25.8. The van der Waals surface area contributed by atoms with Crippen molar-refractivity contribution < 1.29 is 18.0 Å². The minimum atomic E-state index is -4.26. The zero-order valence-corrected chi connectivity index (χ0v) is 28.9. The smallest absolute Gasteiger partial charge is 0.264 e. The predicted molar refractivity (Wildman–Crippen MR) is 186 cm³/mol. The topological polar surface area (TPSA) is 86.8 Å². The summed E-state index contributed by atoms with van der Waals surface area (Å²) in [4.78, 5) is 30.0. The quantitative estimate of drug-likeness (QED) is 0.155. The van der Waals surface area contributed by atoms with Crippen LogP contribution < -0.4 is 9.62 Å². The Morgan fingerprint density at radius 3 is 2.07 bits per heavy atom. The van der Waals surface area contributed by atoms with E-state index in [0.717, 1.165) is 9.87 Å². The van der Waals surface area contributed by atoms with E-state index in [1.165, 1.54) is 23.1 Å². The Bertz CT molecular complexity index is 1750. The average molecular weight is 701 g/mol. The van der Waals surface area contributed by atoms with Gasteiger partial charge in [-0.15, -0.1) is 0 Å². The number of nitrogens with zero attached hydrogens (tertiary/aromatic N) is 2. The molecule has 11 heteroatoms. The summed E-state index contributed by atoms with van der Waals surface area (Å²) in [6, 6.07) is 25.8. The summed E-state index contributed by atoms with van der Waals surface area (Å²) in [5.41, 5.74) is 2.08. The first-order chi connectivity index (χ1) is 21.9. The number of halogens is 3. The van der Waals surface area contributed by atoms with Crippen molar-refractivity contribution >= 4 is 62.3 Å². The molecule has 0 bridgehead atoms. The lowest BCUT2D eigenvalue weighted by molar-refractivity contribution is -0.140. The number of aryl methyl sites for hydroxylation is 1. The monoisotopic (exact) mass is 699 g/mol. The molecular formula is C35H36Cl3N3O4S. The number of anilines is 1. The number of carbonyl (C=O) groups is 2. The molecule has 1 N–H and O–H groups in total. The summed E-state index contributed by atoms with van der Waals surface area (Å²) in [6.45, 7) is 4.80. The molecule has 0 aliphatic rings. The Balaban J connectivity index is 1.87. The molecule has 4 rings (SSSR count). The van der Waals surface area contributed by atoms with Gasteiger partial charge in [0.25, 0.3) is 10.0 Å². The van der Waals surface area contributed by atoms with Gasteiger partial charge in [-0.25, -0.2) is 8.42 Å². The average Bonchev–Trinajstić information content (AvgIpc) is 3.04. The largest absolute Gasteiger partial charge is 0.352 e. The van der Waals surface area contributed by atoms with E-state index in [2.05, 4.69) is 5.32 Å². The van der Waals surface area contributed by atoms with Crippen molar-refractivity contribution in [1.29, 1.82) is 0 Å². The third-order valence-electron chi connectivity index (χ3n) is 7.71. The molecule has 0 unspecified atom stereocenters. The van der Waals surface area contributed by atoms with Crippen molar-refractivity contribution in [3.8, 4) is 0 Å². The molecule has 0 saturated carbocycles. The lowest BCUT2D eigenvalue weighted by atomic mass is 10.0. The fourth-order valence-electron chi connectivity index (χ4n) is 4.93. The van der Waals surface area contributed by atoms with Gasteiger partial charge in [-0.2, -0.15) is 0 Å². The second kappa shape index (κ2) is 15.8. The molecule has 0 aliphatic heterocycles. The molecule has 0 aliphatic carbocycles. The molecule has 0 radical (unpaired) electrons. The van der Waals surface area contributed by atoms with Gasteiger partial charge in [0.05, 0.1) is 10.6 Å². The highest BCUT2D eigenvalue weighted by Gasteiger charge is 2.36. The van der Waals surface area contributed by atoms with Crippen molar-refractivity contribution in [3.63, 3.8) is 0 Å². The van der Waals surface area contributed by atoms with Gasteiger partial charge in [0, 0.05) is 39.6 Å². The molecule has 0 spiro atoms. The summed E-state index contributed by atoms with van der Waals surface area (Å²) in [6.07, 6.45) is 0.837. The molecule has 46 heavy (non-hydrogen) atoms. The molecule has 0 heterocycles. The maximum Gasteiger partial charge on any atom is 0.264 e. The number of nitrogens with one attached hydrogen (secondary N) is 1. The fraction of sp³-hybridized carbons (Fsp3) is 0.257. The van der Waals surface area contributed by atoms with Crippen LogP contribution in [0.4, 0.5) is 5.69 Å². The summed E-state index contributed by atoms with van der Waals surface area (Å²) < 4.78 is 29.4. The molecule has 242 valence electrons. The van der Waals surface area contributed by atoms with Crippen LogP contribution in [0.3, 0.4) is 0 Å². The number of hydrogen-bond acceptors (Lipinski definition) is 4. The Labute approximate surface area is 286 Å². The van der Waals surface area contributed by atoms with Crippen LogP contribution >= 0.6 is 34.8 Å². The molecule has 7 nitrogen and oxygen atoms in total. The summed E-state index contributed by atoms with van der Waals surface area (Å²) >= 11 is 19.5. The third-order valence-corrected chi connectivity index (χ3v) is 10.4. The minimum absolute atomic E-state index is 0.00165. The Morgan fingerprint density at radius 1 is 0.848 bits per heavy atom. The van der Waals surface area contributed by atoms with E-state index in [0.29, 0.717) is 32.6 Å². The molecule has 0 saturated heterocycles. The van der Waals surface area contributed by atoms with E-state index in [9.17, 15) is 18.0 Å². The molecule has 2 amide bonds. The summed E-state index contributed by atoms with van der Waals surface area (Å²) in [5, 5.41) is 3.93. The maximum atomic E-state index is 14.6. The van der Waals surface area contributed by atoms with Gasteiger partial charge in [0.2, 0.25) is 11.8 Å².